The molecule has 2 fully saturated rings. The number of para-hydroxylation sites is 1. The van der Waals surface area contributed by atoms with Gasteiger partial charge in [-0.25, -0.2) is 0 Å². The molecular weight excluding hydrogens is 412 g/mol. The average molecular weight is 449 g/mol. The summed E-state index contributed by atoms with van der Waals surface area (Å²) in [5, 5.41) is 3.12. The fourth-order valence-electron chi connectivity index (χ4n) is 5.51. The molecule has 0 bridgehead atoms. The number of hydrogen-bond acceptors (Lipinski definition) is 3. The summed E-state index contributed by atoms with van der Waals surface area (Å²) >= 11 is 0. The van der Waals surface area contributed by atoms with Crippen molar-refractivity contribution in [3.63, 3.8) is 0 Å². The van der Waals surface area contributed by atoms with E-state index in [2.05, 4.69) is 39.1 Å². The van der Waals surface area contributed by atoms with Crippen molar-refractivity contribution < 1.29 is 14.0 Å². The van der Waals surface area contributed by atoms with Crippen molar-refractivity contribution in [2.24, 2.45) is 17.3 Å². The summed E-state index contributed by atoms with van der Waals surface area (Å²) < 4.78 is 5.65. The van der Waals surface area contributed by atoms with Gasteiger partial charge >= 0.3 is 0 Å². The zero-order chi connectivity index (χ0) is 23.6. The van der Waals surface area contributed by atoms with E-state index in [1.54, 1.807) is 6.26 Å². The smallest absolute Gasteiger partial charge is 0.250 e. The Kier molecular flexibility index (Phi) is 6.51. The number of nitrogens with one attached hydrogen (secondary N) is 1. The molecule has 5 nitrogen and oxygen atoms in total. The summed E-state index contributed by atoms with van der Waals surface area (Å²) in [5.74, 6) is 0.727. The van der Waals surface area contributed by atoms with Crippen LogP contribution in [0.15, 0.2) is 64.8 Å². The summed E-state index contributed by atoms with van der Waals surface area (Å²) in [7, 11) is 0. The fourth-order valence-corrected chi connectivity index (χ4v) is 5.51. The Morgan fingerprint density at radius 2 is 1.76 bits per heavy atom. The van der Waals surface area contributed by atoms with Crippen LogP contribution in [0.5, 0.6) is 0 Å². The fraction of sp³-hybridized carbons (Fsp3) is 0.500. The van der Waals surface area contributed by atoms with Crippen LogP contribution in [0.4, 0.5) is 5.69 Å². The minimum absolute atomic E-state index is 0.0593. The molecule has 2 atom stereocenters. The number of hydrogen-bond donors (Lipinski definition) is 1. The molecule has 2 saturated carbocycles. The maximum Gasteiger partial charge on any atom is 0.250 e. The third-order valence-corrected chi connectivity index (χ3v) is 7.50. The lowest BCUT2D eigenvalue weighted by Gasteiger charge is -2.45. The molecule has 0 aliphatic heterocycles. The van der Waals surface area contributed by atoms with Crippen LogP contribution in [0.3, 0.4) is 0 Å². The molecule has 1 N–H and O–H groups in total. The Morgan fingerprint density at radius 1 is 1.06 bits per heavy atom. The molecular formula is C28H36N2O3. The van der Waals surface area contributed by atoms with E-state index in [9.17, 15) is 9.59 Å². The molecule has 5 heteroatoms. The third kappa shape index (κ3) is 4.64. The van der Waals surface area contributed by atoms with Crippen molar-refractivity contribution in [1.29, 1.82) is 0 Å². The highest BCUT2D eigenvalue weighted by Gasteiger charge is 2.63. The highest BCUT2D eigenvalue weighted by molar-refractivity contribution is 6.01. The van der Waals surface area contributed by atoms with Crippen LogP contribution in [0.25, 0.3) is 0 Å². The van der Waals surface area contributed by atoms with E-state index in [-0.39, 0.29) is 29.1 Å². The lowest BCUT2D eigenvalue weighted by atomic mass is 9.78. The number of anilines is 1. The topological polar surface area (TPSA) is 62.6 Å². The number of rotatable bonds is 7. The molecule has 2 amide bonds. The molecule has 33 heavy (non-hydrogen) atoms. The minimum atomic E-state index is -0.883. The normalized spacial score (nSPS) is 22.8. The Hall–Kier alpha value is -2.82. The first-order chi connectivity index (χ1) is 15.8. The van der Waals surface area contributed by atoms with Crippen LogP contribution in [0.2, 0.25) is 0 Å². The highest BCUT2D eigenvalue weighted by atomic mass is 16.3. The van der Waals surface area contributed by atoms with Gasteiger partial charge in [-0.15, -0.1) is 0 Å². The van der Waals surface area contributed by atoms with Gasteiger partial charge in [0.2, 0.25) is 11.8 Å². The van der Waals surface area contributed by atoms with Gasteiger partial charge in [0.25, 0.3) is 0 Å². The Balaban J connectivity index is 1.71. The van der Waals surface area contributed by atoms with Gasteiger partial charge in [-0.2, -0.15) is 0 Å². The van der Waals surface area contributed by atoms with Crippen LogP contribution in [0, 0.1) is 17.3 Å². The second kappa shape index (κ2) is 9.20. The minimum Gasteiger partial charge on any atom is -0.467 e. The van der Waals surface area contributed by atoms with E-state index >= 15 is 0 Å². The number of carbonyl (C=O) groups excluding carboxylic acids is 2. The van der Waals surface area contributed by atoms with Gasteiger partial charge in [-0.05, 0) is 62.3 Å². The molecule has 176 valence electrons. The summed E-state index contributed by atoms with van der Waals surface area (Å²) in [6.07, 6.45) is 8.11. The van der Waals surface area contributed by atoms with Gasteiger partial charge in [0, 0.05) is 5.69 Å². The van der Waals surface area contributed by atoms with E-state index in [0.29, 0.717) is 25.1 Å². The highest BCUT2D eigenvalue weighted by Crippen LogP contribution is 2.60. The van der Waals surface area contributed by atoms with Crippen LogP contribution in [0.1, 0.15) is 65.6 Å². The predicted molar refractivity (Wildman–Crippen MR) is 130 cm³/mol. The monoisotopic (exact) mass is 448 g/mol. The summed E-state index contributed by atoms with van der Waals surface area (Å²) in [5.41, 5.74) is 0.968. The standard InChI is InChI=1S/C28H36N2O3/c1-20(2)18-23-24(27(23,3)4)25(31)30(19-22-14-11-17-33-22)28(15-9-6-10-16-28)26(32)29-21-12-7-5-8-13-21/h5,7-8,11-14,17-18,23-24H,6,9-10,15-16,19H2,1-4H3,(H,29,32)/t23-,24+/m1/s1. The summed E-state index contributed by atoms with van der Waals surface area (Å²) in [6.45, 7) is 8.77. The third-order valence-electron chi connectivity index (χ3n) is 7.50. The van der Waals surface area contributed by atoms with Crippen molar-refractivity contribution in [2.75, 3.05) is 5.32 Å². The van der Waals surface area contributed by atoms with Gasteiger partial charge in [0.15, 0.2) is 0 Å². The van der Waals surface area contributed by atoms with Gasteiger partial charge < -0.3 is 14.6 Å². The van der Waals surface area contributed by atoms with E-state index < -0.39 is 5.54 Å². The Morgan fingerprint density at radius 3 is 2.36 bits per heavy atom. The lowest BCUT2D eigenvalue weighted by molar-refractivity contribution is -0.151. The molecule has 0 unspecified atom stereocenters. The van der Waals surface area contributed by atoms with Crippen molar-refractivity contribution in [1.82, 2.24) is 4.90 Å². The molecule has 2 aliphatic rings. The first-order valence-electron chi connectivity index (χ1n) is 12.1. The largest absolute Gasteiger partial charge is 0.467 e. The van der Waals surface area contributed by atoms with Crippen molar-refractivity contribution >= 4 is 17.5 Å². The van der Waals surface area contributed by atoms with E-state index in [0.717, 1.165) is 24.9 Å². The average Bonchev–Trinajstić information content (AvgIpc) is 3.11. The van der Waals surface area contributed by atoms with Crippen molar-refractivity contribution in [2.45, 2.75) is 71.9 Å². The lowest BCUT2D eigenvalue weighted by Crippen LogP contribution is -2.60. The second-order valence-electron chi connectivity index (χ2n) is 10.5. The number of nitrogens with zero attached hydrogens (tertiary/aromatic N) is 1. The van der Waals surface area contributed by atoms with E-state index in [4.69, 9.17) is 4.42 Å². The van der Waals surface area contributed by atoms with Crippen LogP contribution in [-0.2, 0) is 16.1 Å². The number of allylic oxidation sites excluding steroid dienone is 2. The zero-order valence-electron chi connectivity index (χ0n) is 20.3. The summed E-state index contributed by atoms with van der Waals surface area (Å²) in [6, 6.07) is 13.2. The molecule has 0 radical (unpaired) electrons. The van der Waals surface area contributed by atoms with Crippen molar-refractivity contribution in [3.05, 3.63) is 66.1 Å². The molecule has 0 spiro atoms. The van der Waals surface area contributed by atoms with E-state index in [1.807, 2.05) is 47.4 Å². The number of benzene rings is 1. The van der Waals surface area contributed by atoms with Crippen LogP contribution < -0.4 is 5.32 Å². The molecule has 1 aromatic heterocycles. The molecule has 2 aromatic rings. The number of furan rings is 1. The SMILES string of the molecule is CC(C)=C[C@@H]1[C@@H](C(=O)N(Cc2ccco2)C2(C(=O)Nc3ccccc3)CCCCC2)C1(C)C. The predicted octanol–water partition coefficient (Wildman–Crippen LogP) is 6.19. The molecule has 2 aliphatic carbocycles. The molecule has 0 saturated heterocycles. The number of amides is 2. The quantitative estimate of drug-likeness (QED) is 0.514. The van der Waals surface area contributed by atoms with Gasteiger partial charge in [0.1, 0.15) is 11.3 Å². The Bertz CT molecular complexity index is 997. The molecule has 4 rings (SSSR count). The maximum absolute atomic E-state index is 14.2. The first-order valence-corrected chi connectivity index (χ1v) is 12.1. The van der Waals surface area contributed by atoms with Crippen molar-refractivity contribution in [3.8, 4) is 0 Å². The zero-order valence-corrected chi connectivity index (χ0v) is 20.3. The number of carbonyl (C=O) groups is 2. The van der Waals surface area contributed by atoms with Crippen LogP contribution in [-0.4, -0.2) is 22.3 Å². The van der Waals surface area contributed by atoms with Gasteiger partial charge in [-0.3, -0.25) is 9.59 Å². The van der Waals surface area contributed by atoms with Gasteiger partial charge in [-0.1, -0.05) is 63.0 Å². The molecule has 1 aromatic carbocycles. The molecule has 1 heterocycles. The Labute approximate surface area is 197 Å². The van der Waals surface area contributed by atoms with E-state index in [1.165, 1.54) is 5.57 Å². The second-order valence-corrected chi connectivity index (χ2v) is 10.5. The summed E-state index contributed by atoms with van der Waals surface area (Å²) in [4.78, 5) is 29.9. The van der Waals surface area contributed by atoms with Gasteiger partial charge in [0.05, 0.1) is 18.7 Å². The van der Waals surface area contributed by atoms with Crippen LogP contribution >= 0.6 is 0 Å². The maximum atomic E-state index is 14.2. The first kappa shape index (κ1) is 23.3.